The van der Waals surface area contributed by atoms with Crippen LogP contribution in [0.1, 0.15) is 27.2 Å². The third-order valence-electron chi connectivity index (χ3n) is 4.14. The number of benzene rings is 1. The molecule has 0 saturated carbocycles. The van der Waals surface area contributed by atoms with E-state index in [0.717, 1.165) is 6.42 Å². The van der Waals surface area contributed by atoms with Crippen LogP contribution in [-0.4, -0.2) is 34.8 Å². The second-order valence-electron chi connectivity index (χ2n) is 6.57. The predicted molar refractivity (Wildman–Crippen MR) is 88.4 cm³/mol. The molecule has 1 unspecified atom stereocenters. The Kier molecular flexibility index (Phi) is 3.54. The van der Waals surface area contributed by atoms with Gasteiger partial charge in [0, 0.05) is 16.6 Å². The molecule has 2 aromatic rings. The van der Waals surface area contributed by atoms with Gasteiger partial charge < -0.3 is 9.97 Å². The van der Waals surface area contributed by atoms with Crippen molar-refractivity contribution in [1.29, 1.82) is 0 Å². The molecule has 6 nitrogen and oxygen atoms in total. The minimum Gasteiger partial charge on any atom is -0.306 e. The SMILES string of the molecule is CC1CN(S(=O)(=O)c2cc3[nH]c(=O)[nH]c3cc2Br)C(C)(C)C1. The average molecular weight is 388 g/mol. The Bertz CT molecular complexity index is 898. The first-order valence-electron chi connectivity index (χ1n) is 7.06. The van der Waals surface area contributed by atoms with Crippen molar-refractivity contribution in [2.45, 2.75) is 37.6 Å². The van der Waals surface area contributed by atoms with Gasteiger partial charge in [-0.3, -0.25) is 0 Å². The molecular formula is C14H18BrN3O3S. The van der Waals surface area contributed by atoms with Crippen LogP contribution in [0.3, 0.4) is 0 Å². The van der Waals surface area contributed by atoms with Crippen LogP contribution in [0.25, 0.3) is 11.0 Å². The Morgan fingerprint density at radius 1 is 1.27 bits per heavy atom. The van der Waals surface area contributed by atoms with Crippen molar-refractivity contribution >= 4 is 37.0 Å². The average Bonchev–Trinajstić information content (AvgIpc) is 2.86. The van der Waals surface area contributed by atoms with E-state index in [0.29, 0.717) is 28.0 Å². The van der Waals surface area contributed by atoms with Crippen molar-refractivity contribution < 1.29 is 8.42 Å². The van der Waals surface area contributed by atoms with E-state index in [1.165, 1.54) is 6.07 Å². The topological polar surface area (TPSA) is 86.0 Å². The first kappa shape index (κ1) is 15.8. The number of rotatable bonds is 2. The molecule has 1 aromatic carbocycles. The Labute approximate surface area is 137 Å². The summed E-state index contributed by atoms with van der Waals surface area (Å²) < 4.78 is 28.1. The van der Waals surface area contributed by atoms with Crippen LogP contribution in [0, 0.1) is 5.92 Å². The van der Waals surface area contributed by atoms with Crippen molar-refractivity contribution in [2.75, 3.05) is 6.54 Å². The lowest BCUT2D eigenvalue weighted by Crippen LogP contribution is -2.42. The molecule has 3 rings (SSSR count). The Morgan fingerprint density at radius 2 is 1.86 bits per heavy atom. The van der Waals surface area contributed by atoms with E-state index in [-0.39, 0.29) is 10.6 Å². The number of halogens is 1. The molecule has 8 heteroatoms. The summed E-state index contributed by atoms with van der Waals surface area (Å²) in [7, 11) is -3.64. The lowest BCUT2D eigenvalue weighted by atomic mass is 9.99. The molecule has 1 aliphatic rings. The minimum absolute atomic E-state index is 0.178. The fourth-order valence-electron chi connectivity index (χ4n) is 3.33. The molecule has 1 aliphatic heterocycles. The Balaban J connectivity index is 2.17. The molecule has 0 bridgehead atoms. The lowest BCUT2D eigenvalue weighted by molar-refractivity contribution is 0.291. The number of nitrogens with one attached hydrogen (secondary N) is 2. The Morgan fingerprint density at radius 3 is 2.41 bits per heavy atom. The fourth-order valence-corrected chi connectivity index (χ4v) is 6.27. The third-order valence-corrected chi connectivity index (χ3v) is 7.17. The van der Waals surface area contributed by atoms with Gasteiger partial charge >= 0.3 is 5.69 Å². The molecule has 1 atom stereocenters. The van der Waals surface area contributed by atoms with E-state index in [2.05, 4.69) is 32.8 Å². The van der Waals surface area contributed by atoms with Gasteiger partial charge in [-0.25, -0.2) is 13.2 Å². The summed E-state index contributed by atoms with van der Waals surface area (Å²) in [6, 6.07) is 3.12. The van der Waals surface area contributed by atoms with Crippen LogP contribution < -0.4 is 5.69 Å². The molecule has 1 aromatic heterocycles. The van der Waals surface area contributed by atoms with Gasteiger partial charge in [-0.2, -0.15) is 4.31 Å². The normalized spacial score (nSPS) is 22.5. The molecule has 0 amide bonds. The summed E-state index contributed by atoms with van der Waals surface area (Å²) in [5.41, 5.74) is 0.284. The first-order valence-corrected chi connectivity index (χ1v) is 9.29. The molecule has 1 fully saturated rings. The van der Waals surface area contributed by atoms with Crippen LogP contribution in [0.15, 0.2) is 26.3 Å². The molecule has 2 N–H and O–H groups in total. The zero-order chi connectivity index (χ0) is 16.3. The summed E-state index contributed by atoms with van der Waals surface area (Å²) in [4.78, 5) is 16.8. The number of nitrogens with zero attached hydrogens (tertiary/aromatic N) is 1. The van der Waals surface area contributed by atoms with Crippen molar-refractivity contribution in [2.24, 2.45) is 5.92 Å². The van der Waals surface area contributed by atoms with Crippen molar-refractivity contribution in [1.82, 2.24) is 14.3 Å². The van der Waals surface area contributed by atoms with Crippen LogP contribution in [-0.2, 0) is 10.0 Å². The number of sulfonamides is 1. The van der Waals surface area contributed by atoms with Gasteiger partial charge in [0.1, 0.15) is 0 Å². The maximum Gasteiger partial charge on any atom is 0.323 e. The lowest BCUT2D eigenvalue weighted by Gasteiger charge is -2.30. The first-order chi connectivity index (χ1) is 10.1. The number of aromatic nitrogens is 2. The zero-order valence-electron chi connectivity index (χ0n) is 12.6. The highest BCUT2D eigenvalue weighted by molar-refractivity contribution is 9.10. The largest absolute Gasteiger partial charge is 0.323 e. The molecular weight excluding hydrogens is 370 g/mol. The van der Waals surface area contributed by atoms with Gasteiger partial charge in [-0.1, -0.05) is 6.92 Å². The van der Waals surface area contributed by atoms with Gasteiger partial charge in [0.2, 0.25) is 10.0 Å². The number of hydrogen-bond donors (Lipinski definition) is 2. The Hall–Kier alpha value is -1.12. The van der Waals surface area contributed by atoms with E-state index in [4.69, 9.17) is 0 Å². The summed E-state index contributed by atoms with van der Waals surface area (Å²) >= 11 is 3.32. The van der Waals surface area contributed by atoms with Gasteiger partial charge in [0.25, 0.3) is 0 Å². The zero-order valence-corrected chi connectivity index (χ0v) is 15.0. The van der Waals surface area contributed by atoms with E-state index in [1.54, 1.807) is 10.4 Å². The minimum atomic E-state index is -3.64. The molecule has 22 heavy (non-hydrogen) atoms. The van der Waals surface area contributed by atoms with Gasteiger partial charge in [0.15, 0.2) is 0 Å². The quantitative estimate of drug-likeness (QED) is 0.829. The smallest absolute Gasteiger partial charge is 0.306 e. The van der Waals surface area contributed by atoms with Crippen molar-refractivity contribution in [3.63, 3.8) is 0 Å². The standard InChI is InChI=1S/C14H18BrN3O3S/c1-8-6-14(2,3)18(7-8)22(20,21)12-5-11-10(4-9(12)15)16-13(19)17-11/h4-5,8H,6-7H2,1-3H3,(H2,16,17,19). The number of fused-ring (bicyclic) bond motifs is 1. The molecule has 0 aliphatic carbocycles. The van der Waals surface area contributed by atoms with E-state index in [9.17, 15) is 13.2 Å². The molecule has 1 saturated heterocycles. The third kappa shape index (κ3) is 2.43. The molecule has 0 spiro atoms. The van der Waals surface area contributed by atoms with Gasteiger partial charge in [-0.05, 0) is 54.2 Å². The number of aromatic amines is 2. The maximum atomic E-state index is 13.1. The van der Waals surface area contributed by atoms with E-state index < -0.39 is 15.6 Å². The predicted octanol–water partition coefficient (Wildman–Crippen LogP) is 2.43. The highest BCUT2D eigenvalue weighted by atomic mass is 79.9. The van der Waals surface area contributed by atoms with Crippen molar-refractivity contribution in [3.05, 3.63) is 27.1 Å². The number of imidazole rings is 1. The van der Waals surface area contributed by atoms with Crippen molar-refractivity contribution in [3.8, 4) is 0 Å². The summed E-state index contributed by atoms with van der Waals surface area (Å²) in [6.45, 7) is 6.44. The summed E-state index contributed by atoms with van der Waals surface area (Å²) in [5, 5.41) is 0. The van der Waals surface area contributed by atoms with Crippen LogP contribution in [0.4, 0.5) is 0 Å². The second kappa shape index (κ2) is 4.94. The number of hydrogen-bond acceptors (Lipinski definition) is 3. The van der Waals surface area contributed by atoms with Gasteiger partial charge in [0.05, 0.1) is 15.9 Å². The van der Waals surface area contributed by atoms with Crippen LogP contribution in [0.2, 0.25) is 0 Å². The van der Waals surface area contributed by atoms with Gasteiger partial charge in [-0.15, -0.1) is 0 Å². The maximum absolute atomic E-state index is 13.1. The number of H-pyrrole nitrogens is 2. The van der Waals surface area contributed by atoms with Crippen LogP contribution in [0.5, 0.6) is 0 Å². The molecule has 120 valence electrons. The van der Waals surface area contributed by atoms with Crippen LogP contribution >= 0.6 is 15.9 Å². The fraction of sp³-hybridized carbons (Fsp3) is 0.500. The van der Waals surface area contributed by atoms with E-state index >= 15 is 0 Å². The van der Waals surface area contributed by atoms with E-state index in [1.807, 2.05) is 13.8 Å². The monoisotopic (exact) mass is 387 g/mol. The highest BCUT2D eigenvalue weighted by Gasteiger charge is 2.44. The summed E-state index contributed by atoms with van der Waals surface area (Å²) in [6.07, 6.45) is 0.826. The summed E-state index contributed by atoms with van der Waals surface area (Å²) in [5.74, 6) is 0.319. The highest BCUT2D eigenvalue weighted by Crippen LogP contribution is 2.39. The molecule has 2 heterocycles. The second-order valence-corrected chi connectivity index (χ2v) is 9.25. The molecule has 0 radical (unpaired) electrons.